The van der Waals surface area contributed by atoms with E-state index in [1.807, 2.05) is 0 Å². The fraction of sp³-hybridized carbons (Fsp3) is 0.292. The molecule has 0 fully saturated rings. The van der Waals surface area contributed by atoms with Gasteiger partial charge in [-0.3, -0.25) is 19.2 Å². The molecule has 0 radical (unpaired) electrons. The molecule has 0 aromatic heterocycles. The molecule has 2 atom stereocenters. The van der Waals surface area contributed by atoms with E-state index in [1.165, 1.54) is 20.1 Å². The lowest BCUT2D eigenvalue weighted by Crippen LogP contribution is -2.15. The van der Waals surface area contributed by atoms with Crippen LogP contribution in [0.15, 0.2) is 48.5 Å². The van der Waals surface area contributed by atoms with Crippen molar-refractivity contribution in [2.75, 3.05) is 7.11 Å². The summed E-state index contributed by atoms with van der Waals surface area (Å²) in [6, 6.07) is 11.7. The van der Waals surface area contributed by atoms with Crippen molar-refractivity contribution in [2.24, 2.45) is 5.92 Å². The van der Waals surface area contributed by atoms with E-state index in [0.717, 1.165) is 12.1 Å². The van der Waals surface area contributed by atoms with Gasteiger partial charge in [-0.05, 0) is 30.2 Å². The summed E-state index contributed by atoms with van der Waals surface area (Å²) in [6.07, 6.45) is -0.266. The molecule has 0 amide bonds. The largest absolute Gasteiger partial charge is 0.494 e. The summed E-state index contributed by atoms with van der Waals surface area (Å²) < 4.78 is 17.3. The predicted octanol–water partition coefficient (Wildman–Crippen LogP) is 3.43. The molecule has 2 aromatic rings. The van der Waals surface area contributed by atoms with Gasteiger partial charge in [-0.15, -0.1) is 0 Å². The van der Waals surface area contributed by atoms with Gasteiger partial charge < -0.3 is 30.3 Å². The zero-order valence-electron chi connectivity index (χ0n) is 19.5. The third-order valence-corrected chi connectivity index (χ3v) is 4.49. The number of benzene rings is 2. The Labute approximate surface area is 205 Å². The van der Waals surface area contributed by atoms with E-state index in [9.17, 15) is 28.4 Å². The molecule has 36 heavy (non-hydrogen) atoms. The molecule has 1 unspecified atom stereocenters. The number of carbonyl (C=O) groups is 5. The van der Waals surface area contributed by atoms with Crippen LogP contribution in [0.25, 0.3) is 0 Å². The van der Waals surface area contributed by atoms with Gasteiger partial charge in [0.1, 0.15) is 0 Å². The van der Waals surface area contributed by atoms with Crippen molar-refractivity contribution >= 4 is 29.8 Å². The first-order valence-electron chi connectivity index (χ1n) is 10.3. The average Bonchev–Trinajstić information content (AvgIpc) is 2.82. The van der Waals surface area contributed by atoms with E-state index in [4.69, 9.17) is 25.5 Å². The van der Waals surface area contributed by atoms with Gasteiger partial charge in [0.25, 0.3) is 0 Å². The van der Waals surface area contributed by atoms with Crippen LogP contribution in [0.1, 0.15) is 48.0 Å². The Morgan fingerprint density at radius 2 is 1.44 bits per heavy atom. The molecule has 0 aliphatic carbocycles. The molecule has 0 heterocycles. The normalized spacial score (nSPS) is 11.3. The van der Waals surface area contributed by atoms with Crippen molar-refractivity contribution in [3.05, 3.63) is 65.5 Å². The zero-order chi connectivity index (χ0) is 27.8. The maximum Gasteiger partial charge on any atom is 0.335 e. The number of aromatic carboxylic acids is 1. The summed E-state index contributed by atoms with van der Waals surface area (Å²) >= 11 is 0. The molecule has 11 nitrogen and oxygen atoms in total. The van der Waals surface area contributed by atoms with E-state index < -0.39 is 47.5 Å². The Kier molecular flexibility index (Phi) is 14.2. The van der Waals surface area contributed by atoms with Crippen molar-refractivity contribution in [3.8, 4) is 5.75 Å². The average molecular weight is 510 g/mol. The third-order valence-electron chi connectivity index (χ3n) is 4.49. The van der Waals surface area contributed by atoms with Crippen LogP contribution in [0, 0.1) is 11.7 Å². The van der Waals surface area contributed by atoms with Gasteiger partial charge >= 0.3 is 29.8 Å². The van der Waals surface area contributed by atoms with Crippen LogP contribution >= 0.6 is 0 Å². The Hall–Kier alpha value is -4.48. The topological polar surface area (TPSA) is 196 Å². The fourth-order valence-corrected chi connectivity index (χ4v) is 2.46. The van der Waals surface area contributed by atoms with Crippen LogP contribution < -0.4 is 4.74 Å². The number of aliphatic carboxylic acids is 4. The maximum atomic E-state index is 12.7. The van der Waals surface area contributed by atoms with Gasteiger partial charge in [0.15, 0.2) is 11.6 Å². The van der Waals surface area contributed by atoms with E-state index in [1.54, 1.807) is 30.3 Å². The minimum absolute atomic E-state index is 0.00764. The molecular weight excluding hydrogens is 483 g/mol. The number of ether oxygens (including phenoxy) is 1. The van der Waals surface area contributed by atoms with Crippen molar-refractivity contribution in [3.63, 3.8) is 0 Å². The zero-order valence-corrected chi connectivity index (χ0v) is 19.5. The van der Waals surface area contributed by atoms with Crippen molar-refractivity contribution in [1.82, 2.24) is 0 Å². The summed E-state index contributed by atoms with van der Waals surface area (Å²) in [6.45, 7) is 1.49. The standard InChI is InChI=1S/C10H10O4.C8H7FO3.C6H10O4/c11-9(12)6-8(10(13)14)7-4-2-1-3-5-7;1-12-7-4-5(8(10)11)2-3-6(7)9;1-4(6(9)10)2-3-5(7)8/h1-5,8H,6H2,(H,11,12)(H,13,14);2-4H,1H3,(H,10,11);4H,2-3H2,1H3,(H,7,8)(H,9,10)/t;;4-/m..0/s1. The Balaban J connectivity index is 0.000000519. The minimum Gasteiger partial charge on any atom is -0.494 e. The van der Waals surface area contributed by atoms with Crippen LogP contribution in [-0.4, -0.2) is 62.5 Å². The van der Waals surface area contributed by atoms with Crippen LogP contribution in [0.3, 0.4) is 0 Å². The molecule has 0 bridgehead atoms. The summed E-state index contributed by atoms with van der Waals surface area (Å²) in [5.41, 5.74) is 0.524. The number of carboxylic acids is 5. The summed E-state index contributed by atoms with van der Waals surface area (Å²) in [5.74, 6) is -7.37. The molecule has 0 saturated heterocycles. The molecule has 0 saturated carbocycles. The second-order valence-corrected chi connectivity index (χ2v) is 7.23. The first-order chi connectivity index (χ1) is 16.8. The summed E-state index contributed by atoms with van der Waals surface area (Å²) in [4.78, 5) is 51.7. The molecule has 0 aliphatic rings. The maximum absolute atomic E-state index is 12.7. The van der Waals surface area contributed by atoms with Gasteiger partial charge in [0.05, 0.1) is 30.9 Å². The number of rotatable bonds is 10. The molecule has 2 rings (SSSR count). The third kappa shape index (κ3) is 12.7. The molecule has 0 spiro atoms. The number of halogens is 1. The van der Waals surface area contributed by atoms with Gasteiger partial charge in [0.2, 0.25) is 0 Å². The van der Waals surface area contributed by atoms with E-state index in [0.29, 0.717) is 5.56 Å². The Bertz CT molecular complexity index is 1040. The molecule has 12 heteroatoms. The highest BCUT2D eigenvalue weighted by Gasteiger charge is 2.22. The van der Waals surface area contributed by atoms with Crippen molar-refractivity contribution in [2.45, 2.75) is 32.1 Å². The quantitative estimate of drug-likeness (QED) is 0.314. The van der Waals surface area contributed by atoms with Crippen molar-refractivity contribution in [1.29, 1.82) is 0 Å². The Morgan fingerprint density at radius 3 is 1.86 bits per heavy atom. The van der Waals surface area contributed by atoms with E-state index in [2.05, 4.69) is 4.74 Å². The minimum atomic E-state index is -1.11. The fourth-order valence-electron chi connectivity index (χ4n) is 2.46. The monoisotopic (exact) mass is 510 g/mol. The lowest BCUT2D eigenvalue weighted by molar-refractivity contribution is -0.145. The molecular formula is C24H27FO11. The number of hydrogen-bond acceptors (Lipinski definition) is 6. The van der Waals surface area contributed by atoms with E-state index in [-0.39, 0.29) is 30.6 Å². The van der Waals surface area contributed by atoms with Crippen LogP contribution in [0.2, 0.25) is 0 Å². The predicted molar refractivity (Wildman–Crippen MR) is 123 cm³/mol. The van der Waals surface area contributed by atoms with Gasteiger partial charge in [-0.2, -0.15) is 0 Å². The molecule has 5 N–H and O–H groups in total. The molecule has 0 aliphatic heterocycles. The van der Waals surface area contributed by atoms with Gasteiger partial charge in [-0.1, -0.05) is 37.3 Å². The lowest BCUT2D eigenvalue weighted by Gasteiger charge is -2.09. The highest BCUT2D eigenvalue weighted by atomic mass is 19.1. The summed E-state index contributed by atoms with van der Waals surface area (Å²) in [7, 11) is 1.28. The van der Waals surface area contributed by atoms with Crippen LogP contribution in [0.5, 0.6) is 5.75 Å². The number of methoxy groups -OCH3 is 1. The number of hydrogen-bond donors (Lipinski definition) is 5. The first kappa shape index (κ1) is 31.5. The first-order valence-corrected chi connectivity index (χ1v) is 10.3. The van der Waals surface area contributed by atoms with E-state index >= 15 is 0 Å². The number of carboxylic acid groups (broad SMARTS) is 5. The molecule has 196 valence electrons. The SMILES string of the molecule is COc1cc(C(=O)O)ccc1F.C[C@@H](CCC(=O)O)C(=O)O.O=C(O)CC(C(=O)O)c1ccccc1. The van der Waals surface area contributed by atoms with Crippen molar-refractivity contribution < 1.29 is 58.6 Å². The smallest absolute Gasteiger partial charge is 0.335 e. The Morgan fingerprint density at radius 1 is 0.861 bits per heavy atom. The highest BCUT2D eigenvalue weighted by Crippen LogP contribution is 2.19. The second-order valence-electron chi connectivity index (χ2n) is 7.23. The van der Waals surface area contributed by atoms with Crippen LogP contribution in [-0.2, 0) is 19.2 Å². The van der Waals surface area contributed by atoms with Crippen LogP contribution in [0.4, 0.5) is 4.39 Å². The lowest BCUT2D eigenvalue weighted by atomic mass is 9.96. The highest BCUT2D eigenvalue weighted by molar-refractivity contribution is 5.88. The summed E-state index contributed by atoms with van der Waals surface area (Å²) in [5, 5.41) is 42.3. The van der Waals surface area contributed by atoms with Gasteiger partial charge in [-0.25, -0.2) is 9.18 Å². The second kappa shape index (κ2) is 16.2. The molecule has 2 aromatic carbocycles. The van der Waals surface area contributed by atoms with Gasteiger partial charge in [0, 0.05) is 6.42 Å².